The lowest BCUT2D eigenvalue weighted by Crippen LogP contribution is -2.62. The molecule has 116 valence electrons. The number of anilines is 1. The molecule has 0 atom stereocenters. The molecular formula is C16H25N3O2. The van der Waals surface area contributed by atoms with Gasteiger partial charge in [0.1, 0.15) is 5.54 Å². The van der Waals surface area contributed by atoms with Crippen molar-refractivity contribution in [3.63, 3.8) is 0 Å². The van der Waals surface area contributed by atoms with Crippen molar-refractivity contribution in [2.75, 3.05) is 38.3 Å². The topological polar surface area (TPSA) is 53.6 Å². The molecular weight excluding hydrogens is 266 g/mol. The predicted molar refractivity (Wildman–Crippen MR) is 84.5 cm³/mol. The highest BCUT2D eigenvalue weighted by atomic mass is 16.5. The van der Waals surface area contributed by atoms with Crippen molar-refractivity contribution in [2.24, 2.45) is 0 Å². The third-order valence-corrected chi connectivity index (χ3v) is 3.91. The fourth-order valence-corrected chi connectivity index (χ4v) is 2.55. The maximum atomic E-state index is 12.0. The molecule has 0 unspecified atom stereocenters. The zero-order chi connectivity index (χ0) is 15.3. The molecule has 5 nitrogen and oxygen atoms in total. The molecule has 0 aliphatic carbocycles. The summed E-state index contributed by atoms with van der Waals surface area (Å²) < 4.78 is 5.00. The van der Waals surface area contributed by atoms with Crippen LogP contribution >= 0.6 is 0 Å². The van der Waals surface area contributed by atoms with E-state index in [0.29, 0.717) is 6.54 Å². The Bertz CT molecular complexity index is 471. The second-order valence-corrected chi connectivity index (χ2v) is 5.80. The largest absolute Gasteiger partial charge is 0.383 e. The minimum absolute atomic E-state index is 0.0825. The minimum Gasteiger partial charge on any atom is -0.383 e. The van der Waals surface area contributed by atoms with Crippen molar-refractivity contribution in [3.8, 4) is 0 Å². The third kappa shape index (κ3) is 3.74. The molecule has 1 heterocycles. The average molecular weight is 291 g/mol. The van der Waals surface area contributed by atoms with Gasteiger partial charge in [-0.3, -0.25) is 4.79 Å². The summed E-state index contributed by atoms with van der Waals surface area (Å²) in [4.78, 5) is 14.2. The lowest BCUT2D eigenvalue weighted by molar-refractivity contribution is -0.126. The molecule has 1 amide bonds. The van der Waals surface area contributed by atoms with Gasteiger partial charge < -0.3 is 20.3 Å². The van der Waals surface area contributed by atoms with Gasteiger partial charge in [-0.2, -0.15) is 0 Å². The van der Waals surface area contributed by atoms with E-state index in [2.05, 4.69) is 39.8 Å². The molecule has 1 aromatic carbocycles. The fraction of sp³-hybridized carbons (Fsp3) is 0.562. The summed E-state index contributed by atoms with van der Waals surface area (Å²) in [6.45, 7) is 7.84. The van der Waals surface area contributed by atoms with Gasteiger partial charge in [-0.15, -0.1) is 0 Å². The first-order chi connectivity index (χ1) is 10.1. The van der Waals surface area contributed by atoms with Gasteiger partial charge in [-0.25, -0.2) is 0 Å². The minimum atomic E-state index is -0.503. The lowest BCUT2D eigenvalue weighted by atomic mass is 9.97. The molecule has 1 fully saturated rings. The third-order valence-electron chi connectivity index (χ3n) is 3.91. The van der Waals surface area contributed by atoms with Crippen LogP contribution in [0.4, 0.5) is 5.69 Å². The van der Waals surface area contributed by atoms with Gasteiger partial charge in [0.05, 0.1) is 6.61 Å². The Balaban J connectivity index is 1.99. The van der Waals surface area contributed by atoms with E-state index in [0.717, 1.165) is 31.9 Å². The zero-order valence-corrected chi connectivity index (χ0v) is 13.1. The molecule has 21 heavy (non-hydrogen) atoms. The van der Waals surface area contributed by atoms with Crippen molar-refractivity contribution in [2.45, 2.75) is 25.9 Å². The number of hydrogen-bond acceptors (Lipinski definition) is 4. The number of nitrogens with zero attached hydrogens (tertiary/aromatic N) is 1. The van der Waals surface area contributed by atoms with Crippen molar-refractivity contribution >= 4 is 11.6 Å². The van der Waals surface area contributed by atoms with Crippen LogP contribution in [0.5, 0.6) is 0 Å². The molecule has 0 radical (unpaired) electrons. The maximum absolute atomic E-state index is 12.0. The zero-order valence-electron chi connectivity index (χ0n) is 13.1. The molecule has 5 heteroatoms. The number of hydrogen-bond donors (Lipinski definition) is 2. The van der Waals surface area contributed by atoms with Crippen LogP contribution in [0.15, 0.2) is 24.3 Å². The molecule has 1 aliphatic heterocycles. The van der Waals surface area contributed by atoms with E-state index in [-0.39, 0.29) is 5.91 Å². The fourth-order valence-electron chi connectivity index (χ4n) is 2.55. The van der Waals surface area contributed by atoms with Crippen molar-refractivity contribution in [3.05, 3.63) is 29.8 Å². The Kier molecular flexibility index (Phi) is 5.20. The number of rotatable bonds is 6. The average Bonchev–Trinajstić information content (AvgIpc) is 2.47. The van der Waals surface area contributed by atoms with Gasteiger partial charge in [0, 0.05) is 39.0 Å². The van der Waals surface area contributed by atoms with E-state index in [9.17, 15) is 4.79 Å². The number of nitrogens with one attached hydrogen (secondary N) is 2. The van der Waals surface area contributed by atoms with Crippen LogP contribution in [-0.4, -0.2) is 44.8 Å². The van der Waals surface area contributed by atoms with Crippen LogP contribution in [0.3, 0.4) is 0 Å². The van der Waals surface area contributed by atoms with Gasteiger partial charge in [0.15, 0.2) is 0 Å². The smallest absolute Gasteiger partial charge is 0.245 e. The first kappa shape index (κ1) is 15.8. The Hall–Kier alpha value is -1.59. The Labute approximate surface area is 126 Å². The summed E-state index contributed by atoms with van der Waals surface area (Å²) in [6, 6.07) is 8.40. The summed E-state index contributed by atoms with van der Waals surface area (Å²) in [7, 11) is 1.70. The summed E-state index contributed by atoms with van der Waals surface area (Å²) in [5.74, 6) is 0.0825. The molecule has 0 bridgehead atoms. The molecule has 0 saturated carbocycles. The lowest BCUT2D eigenvalue weighted by Gasteiger charge is -2.42. The molecule has 2 N–H and O–H groups in total. The highest BCUT2D eigenvalue weighted by molar-refractivity contribution is 5.90. The SMILES string of the molecule is COCCNCc1ccc(N2CCNC(=O)C2(C)C)cc1. The second kappa shape index (κ2) is 6.91. The number of carbonyl (C=O) groups excluding carboxylic acids is 1. The monoisotopic (exact) mass is 291 g/mol. The highest BCUT2D eigenvalue weighted by Gasteiger charge is 2.37. The summed E-state index contributed by atoms with van der Waals surface area (Å²) in [6.07, 6.45) is 0. The van der Waals surface area contributed by atoms with Crippen LogP contribution in [-0.2, 0) is 16.1 Å². The van der Waals surface area contributed by atoms with E-state index in [1.54, 1.807) is 7.11 Å². The molecule has 0 aromatic heterocycles. The first-order valence-electron chi connectivity index (χ1n) is 7.40. The predicted octanol–water partition coefficient (Wildman–Crippen LogP) is 1.14. The van der Waals surface area contributed by atoms with Crippen molar-refractivity contribution in [1.29, 1.82) is 0 Å². The van der Waals surface area contributed by atoms with E-state index < -0.39 is 5.54 Å². The number of amides is 1. The van der Waals surface area contributed by atoms with Gasteiger partial charge in [-0.1, -0.05) is 12.1 Å². The van der Waals surface area contributed by atoms with Crippen LogP contribution < -0.4 is 15.5 Å². The van der Waals surface area contributed by atoms with E-state index in [4.69, 9.17) is 4.74 Å². The molecule has 1 aliphatic rings. The van der Waals surface area contributed by atoms with Gasteiger partial charge >= 0.3 is 0 Å². The molecule has 2 rings (SSSR count). The van der Waals surface area contributed by atoms with Crippen molar-refractivity contribution < 1.29 is 9.53 Å². The number of carbonyl (C=O) groups is 1. The van der Waals surface area contributed by atoms with E-state index in [1.165, 1.54) is 5.56 Å². The van der Waals surface area contributed by atoms with E-state index in [1.807, 2.05) is 13.8 Å². The van der Waals surface area contributed by atoms with Crippen LogP contribution in [0.25, 0.3) is 0 Å². The van der Waals surface area contributed by atoms with Gasteiger partial charge in [0.25, 0.3) is 0 Å². The van der Waals surface area contributed by atoms with Crippen LogP contribution in [0.2, 0.25) is 0 Å². The Morgan fingerprint density at radius 2 is 2.05 bits per heavy atom. The van der Waals surface area contributed by atoms with Gasteiger partial charge in [0.2, 0.25) is 5.91 Å². The molecule has 1 saturated heterocycles. The number of benzene rings is 1. The van der Waals surface area contributed by atoms with E-state index >= 15 is 0 Å². The Morgan fingerprint density at radius 1 is 1.33 bits per heavy atom. The summed E-state index contributed by atoms with van der Waals surface area (Å²) in [5, 5.41) is 6.24. The normalized spacial score (nSPS) is 17.7. The van der Waals surface area contributed by atoms with Crippen LogP contribution in [0.1, 0.15) is 19.4 Å². The quantitative estimate of drug-likeness (QED) is 0.772. The highest BCUT2D eigenvalue weighted by Crippen LogP contribution is 2.26. The number of piperazine rings is 1. The molecule has 1 aromatic rings. The Morgan fingerprint density at radius 3 is 2.71 bits per heavy atom. The van der Waals surface area contributed by atoms with Crippen molar-refractivity contribution in [1.82, 2.24) is 10.6 Å². The number of ether oxygens (including phenoxy) is 1. The maximum Gasteiger partial charge on any atom is 0.245 e. The summed E-state index contributed by atoms with van der Waals surface area (Å²) in [5.41, 5.74) is 1.82. The first-order valence-corrected chi connectivity index (χ1v) is 7.40. The summed E-state index contributed by atoms with van der Waals surface area (Å²) >= 11 is 0. The van der Waals surface area contributed by atoms with Gasteiger partial charge in [-0.05, 0) is 31.5 Å². The van der Waals surface area contributed by atoms with Crippen LogP contribution in [0, 0.1) is 0 Å². The second-order valence-electron chi connectivity index (χ2n) is 5.80. The standard InChI is InChI=1S/C16H25N3O2/c1-16(2)15(20)18-8-10-19(16)14-6-4-13(5-7-14)12-17-9-11-21-3/h4-7,17H,8-12H2,1-3H3,(H,18,20). The molecule has 0 spiro atoms. The number of methoxy groups -OCH3 is 1.